The van der Waals surface area contributed by atoms with E-state index in [-0.39, 0.29) is 16.4 Å². The van der Waals surface area contributed by atoms with Crippen molar-refractivity contribution >= 4 is 34.9 Å². The highest BCUT2D eigenvalue weighted by molar-refractivity contribution is 7.80. The molecule has 0 unspecified atom stereocenters. The minimum atomic E-state index is -0.444. The van der Waals surface area contributed by atoms with E-state index in [2.05, 4.69) is 10.6 Å². The average molecular weight is 387 g/mol. The lowest BCUT2D eigenvalue weighted by Gasteiger charge is -2.56. The van der Waals surface area contributed by atoms with Gasteiger partial charge in [0.05, 0.1) is 18.4 Å². The molecule has 6 heteroatoms. The summed E-state index contributed by atoms with van der Waals surface area (Å²) in [5, 5.41) is 6.00. The molecule has 1 aromatic rings. The number of esters is 1. The van der Waals surface area contributed by atoms with Gasteiger partial charge in [0.2, 0.25) is 5.91 Å². The van der Waals surface area contributed by atoms with Crippen LogP contribution in [0.25, 0.3) is 0 Å². The summed E-state index contributed by atoms with van der Waals surface area (Å²) in [6.45, 7) is 0. The fourth-order valence-corrected chi connectivity index (χ4v) is 6.28. The lowest BCUT2D eigenvalue weighted by molar-refractivity contribution is -0.127. The standard InChI is InChI=1S/C21H26N2O3S/c1-26-19(25)16-4-2-3-5-17(16)22-20(27)23-18(24)12-21-9-13-6-14(10-21)8-15(7-13)11-21/h2-5,13-15H,6-12H2,1H3,(H2,22,23,24,27). The van der Waals surface area contributed by atoms with Gasteiger partial charge in [-0.1, -0.05) is 12.1 Å². The molecule has 0 heterocycles. The SMILES string of the molecule is COC(=O)c1ccccc1NC(=S)NC(=O)CC12CC3CC(CC(C3)C1)C2. The third-order valence-corrected chi connectivity index (χ3v) is 6.74. The zero-order valence-electron chi connectivity index (χ0n) is 15.6. The van der Waals surface area contributed by atoms with Crippen LogP contribution in [0.5, 0.6) is 0 Å². The van der Waals surface area contributed by atoms with E-state index in [0.29, 0.717) is 17.7 Å². The topological polar surface area (TPSA) is 67.4 Å². The van der Waals surface area contributed by atoms with Crippen LogP contribution in [0.4, 0.5) is 5.69 Å². The highest BCUT2D eigenvalue weighted by atomic mass is 32.1. The number of anilines is 1. The maximum Gasteiger partial charge on any atom is 0.339 e. The Morgan fingerprint density at radius 1 is 1.11 bits per heavy atom. The number of benzene rings is 1. The Bertz CT molecular complexity index is 741. The third kappa shape index (κ3) is 3.86. The minimum absolute atomic E-state index is 0.0231. The van der Waals surface area contributed by atoms with Crippen LogP contribution in [-0.4, -0.2) is 24.1 Å². The molecule has 1 amide bonds. The molecule has 2 N–H and O–H groups in total. The second-order valence-electron chi connectivity index (χ2n) is 8.63. The highest BCUT2D eigenvalue weighted by Gasteiger charge is 2.51. The van der Waals surface area contributed by atoms with E-state index in [1.807, 2.05) is 0 Å². The van der Waals surface area contributed by atoms with Crippen LogP contribution in [0.2, 0.25) is 0 Å². The predicted octanol–water partition coefficient (Wildman–Crippen LogP) is 3.89. The molecular formula is C21H26N2O3S. The Labute approximate surface area is 165 Å². The molecule has 0 radical (unpaired) electrons. The number of thiocarbonyl (C=S) groups is 1. The number of carbonyl (C=O) groups is 2. The summed E-state index contributed by atoms with van der Waals surface area (Å²) in [6, 6.07) is 6.96. The molecular weight excluding hydrogens is 360 g/mol. The average Bonchev–Trinajstić information content (AvgIpc) is 2.59. The summed E-state index contributed by atoms with van der Waals surface area (Å²) in [7, 11) is 1.34. The summed E-state index contributed by atoms with van der Waals surface area (Å²) < 4.78 is 4.79. The first-order valence-electron chi connectivity index (χ1n) is 9.74. The lowest BCUT2D eigenvalue weighted by atomic mass is 9.49. The quantitative estimate of drug-likeness (QED) is 0.607. The number of carbonyl (C=O) groups excluding carboxylic acids is 2. The van der Waals surface area contributed by atoms with Crippen LogP contribution in [0.15, 0.2) is 24.3 Å². The number of nitrogens with one attached hydrogen (secondary N) is 2. The van der Waals surface area contributed by atoms with Crippen molar-refractivity contribution in [2.75, 3.05) is 12.4 Å². The summed E-state index contributed by atoms with van der Waals surface area (Å²) in [4.78, 5) is 24.5. The second kappa shape index (κ2) is 7.23. The normalized spacial score (nSPS) is 30.6. The number of methoxy groups -OCH3 is 1. The first-order valence-corrected chi connectivity index (χ1v) is 10.2. The first-order chi connectivity index (χ1) is 13.0. The van der Waals surface area contributed by atoms with Crippen molar-refractivity contribution in [1.82, 2.24) is 5.32 Å². The number of rotatable bonds is 4. The fourth-order valence-electron chi connectivity index (χ4n) is 6.05. The monoisotopic (exact) mass is 386 g/mol. The Balaban J connectivity index is 1.37. The molecule has 4 fully saturated rings. The van der Waals surface area contributed by atoms with Gasteiger partial charge in [0.1, 0.15) is 0 Å². The molecule has 0 spiro atoms. The third-order valence-electron chi connectivity index (χ3n) is 6.53. The van der Waals surface area contributed by atoms with Gasteiger partial charge in [0, 0.05) is 6.42 Å². The summed E-state index contributed by atoms with van der Waals surface area (Å²) in [6.07, 6.45) is 8.23. The maximum absolute atomic E-state index is 12.7. The summed E-state index contributed by atoms with van der Waals surface area (Å²) in [5.74, 6) is 1.99. The van der Waals surface area contributed by atoms with Crippen molar-refractivity contribution in [1.29, 1.82) is 0 Å². The molecule has 0 saturated heterocycles. The van der Waals surface area contributed by atoms with Gasteiger partial charge in [-0.05, 0) is 86.0 Å². The lowest BCUT2D eigenvalue weighted by Crippen LogP contribution is -2.48. The van der Waals surface area contributed by atoms with E-state index < -0.39 is 5.97 Å². The van der Waals surface area contributed by atoms with Crippen LogP contribution >= 0.6 is 12.2 Å². The molecule has 144 valence electrons. The molecule has 4 bridgehead atoms. The number of hydrogen-bond donors (Lipinski definition) is 2. The van der Waals surface area contributed by atoms with Crippen LogP contribution in [-0.2, 0) is 9.53 Å². The summed E-state index contributed by atoms with van der Waals surface area (Å²) >= 11 is 5.31. The molecule has 0 aromatic heterocycles. The Morgan fingerprint density at radius 2 is 1.70 bits per heavy atom. The molecule has 0 atom stereocenters. The van der Waals surface area contributed by atoms with Crippen molar-refractivity contribution in [3.63, 3.8) is 0 Å². The van der Waals surface area contributed by atoms with Crippen LogP contribution in [0.1, 0.15) is 55.3 Å². The van der Waals surface area contributed by atoms with E-state index in [0.717, 1.165) is 17.8 Å². The first kappa shape index (κ1) is 18.4. The van der Waals surface area contributed by atoms with Gasteiger partial charge >= 0.3 is 5.97 Å². The van der Waals surface area contributed by atoms with Gasteiger partial charge in [0.25, 0.3) is 0 Å². The number of amides is 1. The van der Waals surface area contributed by atoms with E-state index in [1.165, 1.54) is 45.6 Å². The van der Waals surface area contributed by atoms with Crippen molar-refractivity contribution in [2.24, 2.45) is 23.2 Å². The van der Waals surface area contributed by atoms with E-state index in [1.54, 1.807) is 24.3 Å². The van der Waals surface area contributed by atoms with Gasteiger partial charge in [0.15, 0.2) is 5.11 Å². The summed E-state index contributed by atoms with van der Waals surface area (Å²) in [5.41, 5.74) is 1.10. The molecule has 0 aliphatic heterocycles. The van der Waals surface area contributed by atoms with Crippen LogP contribution < -0.4 is 10.6 Å². The van der Waals surface area contributed by atoms with E-state index in [4.69, 9.17) is 17.0 Å². The Hall–Kier alpha value is -1.95. The highest BCUT2D eigenvalue weighted by Crippen LogP contribution is 2.61. The molecule has 4 aliphatic carbocycles. The molecule has 4 aliphatic rings. The van der Waals surface area contributed by atoms with E-state index in [9.17, 15) is 9.59 Å². The maximum atomic E-state index is 12.7. The van der Waals surface area contributed by atoms with Crippen molar-refractivity contribution in [3.8, 4) is 0 Å². The van der Waals surface area contributed by atoms with Crippen molar-refractivity contribution < 1.29 is 14.3 Å². The van der Waals surface area contributed by atoms with Crippen LogP contribution in [0, 0.1) is 23.2 Å². The number of ether oxygens (including phenoxy) is 1. The minimum Gasteiger partial charge on any atom is -0.465 e. The predicted molar refractivity (Wildman–Crippen MR) is 107 cm³/mol. The van der Waals surface area contributed by atoms with Gasteiger partial charge in [-0.2, -0.15) is 0 Å². The molecule has 4 saturated carbocycles. The van der Waals surface area contributed by atoms with Gasteiger partial charge in [-0.25, -0.2) is 4.79 Å². The molecule has 27 heavy (non-hydrogen) atoms. The van der Waals surface area contributed by atoms with E-state index >= 15 is 0 Å². The van der Waals surface area contributed by atoms with Crippen molar-refractivity contribution in [2.45, 2.75) is 44.9 Å². The van der Waals surface area contributed by atoms with Gasteiger partial charge in [-0.15, -0.1) is 0 Å². The Kier molecular flexibility index (Phi) is 4.93. The van der Waals surface area contributed by atoms with Crippen molar-refractivity contribution in [3.05, 3.63) is 29.8 Å². The molecule has 5 nitrogen and oxygen atoms in total. The zero-order valence-corrected chi connectivity index (χ0v) is 16.4. The van der Waals surface area contributed by atoms with Gasteiger partial charge in [-0.3, -0.25) is 4.79 Å². The number of para-hydroxylation sites is 1. The fraction of sp³-hybridized carbons (Fsp3) is 0.571. The largest absolute Gasteiger partial charge is 0.465 e. The Morgan fingerprint density at radius 3 is 2.30 bits per heavy atom. The smallest absolute Gasteiger partial charge is 0.339 e. The van der Waals surface area contributed by atoms with Gasteiger partial charge < -0.3 is 15.4 Å². The molecule has 5 rings (SSSR count). The zero-order chi connectivity index (χ0) is 19.0. The number of hydrogen-bond acceptors (Lipinski definition) is 4. The second-order valence-corrected chi connectivity index (χ2v) is 9.04. The molecule has 1 aromatic carbocycles. The van der Waals surface area contributed by atoms with Crippen LogP contribution in [0.3, 0.4) is 0 Å².